The molecule has 0 radical (unpaired) electrons. The van der Waals surface area contributed by atoms with E-state index in [0.29, 0.717) is 24.5 Å². The van der Waals surface area contributed by atoms with Crippen LogP contribution < -0.4 is 15.4 Å². The minimum Gasteiger partial charge on any atom is -0.417 e. The zero-order valence-electron chi connectivity index (χ0n) is 20.6. The summed E-state index contributed by atoms with van der Waals surface area (Å²) >= 11 is 0. The maximum absolute atomic E-state index is 12.7. The number of nitrogens with one attached hydrogen (secondary N) is 3. The number of carbonyl (C=O) groups is 1. The fourth-order valence-corrected chi connectivity index (χ4v) is 4.93. The van der Waals surface area contributed by atoms with Crippen LogP contribution in [0.2, 0.25) is 18.1 Å². The van der Waals surface area contributed by atoms with Crippen molar-refractivity contribution in [2.45, 2.75) is 57.1 Å². The van der Waals surface area contributed by atoms with Crippen LogP contribution in [-0.4, -0.2) is 35.8 Å². The van der Waals surface area contributed by atoms with E-state index in [1.165, 1.54) is 37.3 Å². The van der Waals surface area contributed by atoms with E-state index in [2.05, 4.69) is 54.4 Å². The van der Waals surface area contributed by atoms with Gasteiger partial charge in [0.1, 0.15) is 5.69 Å². The van der Waals surface area contributed by atoms with Crippen molar-refractivity contribution in [3.05, 3.63) is 47.4 Å². The second kappa shape index (κ2) is 11.1. The van der Waals surface area contributed by atoms with Crippen molar-refractivity contribution < 1.29 is 17.6 Å². The maximum Gasteiger partial charge on any atom is 0.261 e. The number of nitrogens with zero attached hydrogens (tertiary/aromatic N) is 1. The summed E-state index contributed by atoms with van der Waals surface area (Å²) in [7, 11) is -5.69. The van der Waals surface area contributed by atoms with E-state index in [1.54, 1.807) is 12.1 Å². The highest BCUT2D eigenvalue weighted by atomic mass is 32.2. The largest absolute Gasteiger partial charge is 0.417 e. The third-order valence-electron chi connectivity index (χ3n) is 5.74. The van der Waals surface area contributed by atoms with E-state index >= 15 is 0 Å². The Bertz CT molecular complexity index is 1110. The highest BCUT2D eigenvalue weighted by Gasteiger charge is 2.36. The molecule has 11 heteroatoms. The number of amides is 1. The molecule has 0 bridgehead atoms. The Morgan fingerprint density at radius 2 is 1.68 bits per heavy atom. The molecule has 0 fully saturated rings. The van der Waals surface area contributed by atoms with Gasteiger partial charge in [-0.05, 0) is 72.2 Å². The summed E-state index contributed by atoms with van der Waals surface area (Å²) in [4.78, 5) is 22.5. The number of benzene rings is 2. The van der Waals surface area contributed by atoms with E-state index in [4.69, 9.17) is 4.43 Å². The van der Waals surface area contributed by atoms with Gasteiger partial charge in [0.2, 0.25) is 5.91 Å². The van der Waals surface area contributed by atoms with Crippen LogP contribution in [0.5, 0.6) is 0 Å². The lowest BCUT2D eigenvalue weighted by atomic mass is 10.2. The summed E-state index contributed by atoms with van der Waals surface area (Å²) in [6.07, 6.45) is 0.758. The predicted molar refractivity (Wildman–Crippen MR) is 140 cm³/mol. The van der Waals surface area contributed by atoms with Crippen molar-refractivity contribution in [3.8, 4) is 0 Å². The monoisotopic (exact) mass is 506 g/mol. The van der Waals surface area contributed by atoms with E-state index in [1.807, 2.05) is 0 Å². The van der Waals surface area contributed by atoms with Gasteiger partial charge in [0.05, 0.1) is 16.3 Å². The summed E-state index contributed by atoms with van der Waals surface area (Å²) in [5, 5.41) is 8.92. The second-order valence-corrected chi connectivity index (χ2v) is 16.0. The highest BCUT2D eigenvalue weighted by molar-refractivity contribution is 7.92. The number of anilines is 3. The van der Waals surface area contributed by atoms with Crippen molar-refractivity contribution in [3.63, 3.8) is 0 Å². The van der Waals surface area contributed by atoms with Gasteiger partial charge in [0, 0.05) is 25.8 Å². The van der Waals surface area contributed by atoms with Gasteiger partial charge in [0.15, 0.2) is 8.32 Å². The average molecular weight is 507 g/mol. The molecular weight excluding hydrogens is 472 g/mol. The van der Waals surface area contributed by atoms with Gasteiger partial charge in [-0.3, -0.25) is 9.52 Å². The fourth-order valence-electron chi connectivity index (χ4n) is 2.79. The molecule has 1 amide bonds. The van der Waals surface area contributed by atoms with Crippen molar-refractivity contribution >= 4 is 47.0 Å². The van der Waals surface area contributed by atoms with Crippen LogP contribution in [0, 0.1) is 4.91 Å². The molecule has 0 unspecified atom stereocenters. The van der Waals surface area contributed by atoms with Crippen LogP contribution in [0.4, 0.5) is 22.7 Å². The summed E-state index contributed by atoms with van der Waals surface area (Å²) < 4.78 is 34.0. The van der Waals surface area contributed by atoms with Gasteiger partial charge in [-0.25, -0.2) is 8.42 Å². The molecule has 3 N–H and O–H groups in total. The Hall–Kier alpha value is -2.76. The number of sulfonamides is 1. The van der Waals surface area contributed by atoms with Gasteiger partial charge in [-0.1, -0.05) is 20.8 Å². The van der Waals surface area contributed by atoms with Gasteiger partial charge in [-0.2, -0.15) is 0 Å². The molecule has 0 aliphatic rings. The summed E-state index contributed by atoms with van der Waals surface area (Å²) in [5.41, 5.74) is 1.33. The first-order valence-corrected chi connectivity index (χ1v) is 15.4. The molecule has 0 spiro atoms. The highest BCUT2D eigenvalue weighted by Crippen LogP contribution is 2.36. The average Bonchev–Trinajstić information content (AvgIpc) is 2.73. The van der Waals surface area contributed by atoms with Crippen LogP contribution in [0.1, 0.15) is 34.1 Å². The van der Waals surface area contributed by atoms with Crippen LogP contribution in [0.25, 0.3) is 0 Å². The van der Waals surface area contributed by atoms with Crippen LogP contribution >= 0.6 is 0 Å². The lowest BCUT2D eigenvalue weighted by Gasteiger charge is -2.36. The fraction of sp³-hybridized carbons (Fsp3) is 0.435. The Balaban J connectivity index is 1.99. The molecule has 9 nitrogen and oxygen atoms in total. The molecule has 0 aromatic heterocycles. The van der Waals surface area contributed by atoms with Gasteiger partial charge in [0.25, 0.3) is 10.0 Å². The van der Waals surface area contributed by atoms with Crippen molar-refractivity contribution in [1.29, 1.82) is 0 Å². The molecule has 0 saturated carbocycles. The molecule has 0 atom stereocenters. The van der Waals surface area contributed by atoms with Crippen LogP contribution in [0.3, 0.4) is 0 Å². The Kier molecular flexibility index (Phi) is 8.98. The Morgan fingerprint density at radius 3 is 2.24 bits per heavy atom. The smallest absolute Gasteiger partial charge is 0.261 e. The quantitative estimate of drug-likeness (QED) is 0.205. The topological polar surface area (TPSA) is 126 Å². The second-order valence-electron chi connectivity index (χ2n) is 9.52. The third-order valence-corrected chi connectivity index (χ3v) is 11.7. The zero-order chi connectivity index (χ0) is 25.6. The molecule has 0 aliphatic carbocycles. The summed E-state index contributed by atoms with van der Waals surface area (Å²) in [6, 6.07) is 10.3. The lowest BCUT2D eigenvalue weighted by molar-refractivity contribution is -0.114. The molecule has 2 rings (SSSR count). The van der Waals surface area contributed by atoms with Gasteiger partial charge < -0.3 is 15.1 Å². The molecule has 0 saturated heterocycles. The van der Waals surface area contributed by atoms with E-state index in [9.17, 15) is 18.1 Å². The molecule has 0 heterocycles. The number of nitroso groups, excluding NO2 is 1. The molecule has 2 aromatic carbocycles. The molecule has 34 heavy (non-hydrogen) atoms. The SMILES string of the molecule is CC(=O)Nc1ccc(S(=O)(=O)Nc2ccc(NCCCO[Si](C)(C)C(C)(C)C)c(N=O)c2)cc1. The van der Waals surface area contributed by atoms with Crippen LogP contribution in [-0.2, 0) is 19.2 Å². The molecule has 0 aliphatic heterocycles. The molecule has 186 valence electrons. The first-order valence-electron chi connectivity index (χ1n) is 11.0. The maximum atomic E-state index is 12.7. The van der Waals surface area contributed by atoms with Crippen molar-refractivity contribution in [2.24, 2.45) is 5.18 Å². The predicted octanol–water partition coefficient (Wildman–Crippen LogP) is 5.67. The standard InChI is InChI=1S/C23H34N4O5SSi/c1-17(28)25-18-8-11-20(12-9-18)33(30,31)27-19-10-13-21(22(16-19)26-29)24-14-7-15-32-34(5,6)23(2,3)4/h8-13,16,24,27H,7,14-15H2,1-6H3,(H,25,28). The number of carbonyl (C=O) groups excluding carboxylic acids is 1. The third kappa shape index (κ3) is 7.64. The van der Waals surface area contributed by atoms with E-state index in [-0.39, 0.29) is 27.2 Å². The van der Waals surface area contributed by atoms with Crippen LogP contribution in [0.15, 0.2) is 52.5 Å². The molecular formula is C23H34N4O5SSi. The minimum atomic E-state index is -3.89. The van der Waals surface area contributed by atoms with Gasteiger partial charge >= 0.3 is 0 Å². The Morgan fingerprint density at radius 1 is 1.06 bits per heavy atom. The van der Waals surface area contributed by atoms with Crippen molar-refractivity contribution in [1.82, 2.24) is 0 Å². The number of hydrogen-bond acceptors (Lipinski definition) is 7. The molecule has 2 aromatic rings. The van der Waals surface area contributed by atoms with Gasteiger partial charge in [-0.15, -0.1) is 4.91 Å². The lowest BCUT2D eigenvalue weighted by Crippen LogP contribution is -2.41. The first kappa shape index (κ1) is 27.5. The van der Waals surface area contributed by atoms with E-state index in [0.717, 1.165) is 6.42 Å². The van der Waals surface area contributed by atoms with E-state index < -0.39 is 18.3 Å². The minimum absolute atomic E-state index is 0.0196. The summed E-state index contributed by atoms with van der Waals surface area (Å²) in [5.74, 6) is -0.251. The Labute approximate surface area is 202 Å². The normalized spacial score (nSPS) is 12.2. The number of hydrogen-bond donors (Lipinski definition) is 3. The zero-order valence-corrected chi connectivity index (χ0v) is 22.4. The first-order chi connectivity index (χ1) is 15.7. The number of rotatable bonds is 11. The van der Waals surface area contributed by atoms with Crippen molar-refractivity contribution in [2.75, 3.05) is 28.5 Å². The summed E-state index contributed by atoms with van der Waals surface area (Å²) in [6.45, 7) is 13.5.